The minimum Gasteiger partial charge on any atom is -0.328 e. The summed E-state index contributed by atoms with van der Waals surface area (Å²) >= 11 is 3.27. The summed E-state index contributed by atoms with van der Waals surface area (Å²) in [6, 6.07) is 0. The highest BCUT2D eigenvalue weighted by Gasteiger charge is 2.18. The molecule has 4 heteroatoms. The summed E-state index contributed by atoms with van der Waals surface area (Å²) in [5, 5.41) is 0.766. The second kappa shape index (κ2) is 6.22. The first kappa shape index (κ1) is 11.7. The first-order valence-electron chi connectivity index (χ1n) is 3.97. The SMILES string of the molecule is CCCOP(=O)(CC)CCBr. The minimum absolute atomic E-state index is 0.623. The third-order valence-corrected chi connectivity index (χ3v) is 4.97. The Morgan fingerprint density at radius 2 is 2.09 bits per heavy atom. The van der Waals surface area contributed by atoms with Crippen molar-refractivity contribution in [2.45, 2.75) is 20.3 Å². The molecule has 0 aliphatic carbocycles. The van der Waals surface area contributed by atoms with Crippen molar-refractivity contribution in [3.8, 4) is 0 Å². The molecule has 0 aromatic rings. The van der Waals surface area contributed by atoms with E-state index in [2.05, 4.69) is 15.9 Å². The average Bonchev–Trinajstić information content (AvgIpc) is 2.02. The standard InChI is InChI=1S/C7H16BrO2P/c1-3-6-10-11(9,4-2)7-5-8/h3-7H2,1-2H3. The molecular weight excluding hydrogens is 227 g/mol. The van der Waals surface area contributed by atoms with Crippen LogP contribution in [0.1, 0.15) is 20.3 Å². The topological polar surface area (TPSA) is 26.3 Å². The van der Waals surface area contributed by atoms with E-state index in [1.807, 2.05) is 13.8 Å². The molecule has 2 nitrogen and oxygen atoms in total. The highest BCUT2D eigenvalue weighted by atomic mass is 79.9. The minimum atomic E-state index is -2.26. The van der Waals surface area contributed by atoms with Crippen molar-refractivity contribution in [2.75, 3.05) is 24.3 Å². The van der Waals surface area contributed by atoms with Crippen LogP contribution in [-0.4, -0.2) is 24.3 Å². The molecule has 0 fully saturated rings. The van der Waals surface area contributed by atoms with Gasteiger partial charge in [-0.15, -0.1) is 0 Å². The Labute approximate surface area is 77.3 Å². The maximum atomic E-state index is 11.7. The van der Waals surface area contributed by atoms with E-state index in [4.69, 9.17) is 4.52 Å². The summed E-state index contributed by atoms with van der Waals surface area (Å²) in [5.41, 5.74) is 0. The Morgan fingerprint density at radius 1 is 1.45 bits per heavy atom. The van der Waals surface area contributed by atoms with Gasteiger partial charge in [0.25, 0.3) is 0 Å². The fraction of sp³-hybridized carbons (Fsp3) is 1.00. The van der Waals surface area contributed by atoms with E-state index in [9.17, 15) is 4.57 Å². The molecule has 1 unspecified atom stereocenters. The largest absolute Gasteiger partial charge is 0.328 e. The van der Waals surface area contributed by atoms with Crippen molar-refractivity contribution in [3.05, 3.63) is 0 Å². The van der Waals surface area contributed by atoms with E-state index in [-0.39, 0.29) is 0 Å². The van der Waals surface area contributed by atoms with Crippen molar-refractivity contribution < 1.29 is 9.09 Å². The summed E-state index contributed by atoms with van der Waals surface area (Å²) in [7, 11) is -2.26. The number of halogens is 1. The summed E-state index contributed by atoms with van der Waals surface area (Å²) in [5.74, 6) is 0. The number of alkyl halides is 1. The van der Waals surface area contributed by atoms with Crippen molar-refractivity contribution in [1.29, 1.82) is 0 Å². The third kappa shape index (κ3) is 5.00. The first-order valence-corrected chi connectivity index (χ1v) is 7.08. The molecule has 0 saturated carbocycles. The molecule has 0 heterocycles. The lowest BCUT2D eigenvalue weighted by Crippen LogP contribution is -1.99. The highest BCUT2D eigenvalue weighted by Crippen LogP contribution is 2.46. The lowest BCUT2D eigenvalue weighted by Gasteiger charge is -2.14. The van der Waals surface area contributed by atoms with Crippen molar-refractivity contribution in [1.82, 2.24) is 0 Å². The van der Waals surface area contributed by atoms with Crippen LogP contribution in [-0.2, 0) is 9.09 Å². The zero-order valence-electron chi connectivity index (χ0n) is 7.18. The van der Waals surface area contributed by atoms with Crippen LogP contribution in [0, 0.1) is 0 Å². The van der Waals surface area contributed by atoms with Gasteiger partial charge in [0.2, 0.25) is 7.37 Å². The number of hydrogen-bond acceptors (Lipinski definition) is 2. The summed E-state index contributed by atoms with van der Waals surface area (Å²) in [4.78, 5) is 0. The second-order valence-electron chi connectivity index (χ2n) is 2.38. The van der Waals surface area contributed by atoms with Gasteiger partial charge in [0, 0.05) is 17.7 Å². The van der Waals surface area contributed by atoms with E-state index < -0.39 is 7.37 Å². The number of rotatable bonds is 6. The van der Waals surface area contributed by atoms with Crippen LogP contribution >= 0.6 is 23.3 Å². The molecule has 0 saturated heterocycles. The van der Waals surface area contributed by atoms with E-state index in [1.165, 1.54) is 0 Å². The molecule has 0 rings (SSSR count). The Hall–Kier alpha value is 0.670. The third-order valence-electron chi connectivity index (χ3n) is 1.44. The Kier molecular flexibility index (Phi) is 6.59. The maximum Gasteiger partial charge on any atom is 0.203 e. The van der Waals surface area contributed by atoms with Crippen molar-refractivity contribution in [3.63, 3.8) is 0 Å². The van der Waals surface area contributed by atoms with Gasteiger partial charge in [0.1, 0.15) is 0 Å². The lowest BCUT2D eigenvalue weighted by molar-refractivity contribution is 0.314. The Morgan fingerprint density at radius 3 is 2.45 bits per heavy atom. The predicted molar refractivity (Wildman–Crippen MR) is 53.1 cm³/mol. The number of hydrogen-bond donors (Lipinski definition) is 0. The molecule has 0 spiro atoms. The molecule has 11 heavy (non-hydrogen) atoms. The molecular formula is C7H16BrO2P. The van der Waals surface area contributed by atoms with Gasteiger partial charge in [-0.1, -0.05) is 29.8 Å². The van der Waals surface area contributed by atoms with Gasteiger partial charge in [-0.05, 0) is 6.42 Å². The van der Waals surface area contributed by atoms with Gasteiger partial charge in [-0.3, -0.25) is 4.57 Å². The Balaban J connectivity index is 3.79. The van der Waals surface area contributed by atoms with Crippen molar-refractivity contribution >= 4 is 23.3 Å². The van der Waals surface area contributed by atoms with Gasteiger partial charge >= 0.3 is 0 Å². The molecule has 68 valence electrons. The van der Waals surface area contributed by atoms with Crippen LogP contribution in [0.2, 0.25) is 0 Å². The summed E-state index contributed by atoms with van der Waals surface area (Å²) in [6.45, 7) is 4.56. The van der Waals surface area contributed by atoms with Gasteiger partial charge in [-0.2, -0.15) is 0 Å². The quantitative estimate of drug-likeness (QED) is 0.529. The molecule has 0 aromatic heterocycles. The summed E-state index contributed by atoms with van der Waals surface area (Å²) in [6.07, 6.45) is 2.24. The molecule has 0 aliphatic rings. The molecule has 0 amide bonds. The molecule has 1 atom stereocenters. The van der Waals surface area contributed by atoms with E-state index in [0.717, 1.165) is 11.8 Å². The van der Waals surface area contributed by atoms with E-state index >= 15 is 0 Å². The lowest BCUT2D eigenvalue weighted by atomic mass is 10.5. The average molecular weight is 243 g/mol. The molecule has 0 N–H and O–H groups in total. The monoisotopic (exact) mass is 242 g/mol. The van der Waals surface area contributed by atoms with Crippen LogP contribution in [0.4, 0.5) is 0 Å². The zero-order chi connectivity index (χ0) is 8.74. The molecule has 0 aliphatic heterocycles. The van der Waals surface area contributed by atoms with E-state index in [0.29, 0.717) is 18.9 Å². The van der Waals surface area contributed by atoms with Gasteiger partial charge in [-0.25, -0.2) is 0 Å². The van der Waals surface area contributed by atoms with Crippen LogP contribution in [0.15, 0.2) is 0 Å². The van der Waals surface area contributed by atoms with Gasteiger partial charge in [0.15, 0.2) is 0 Å². The summed E-state index contributed by atoms with van der Waals surface area (Å²) < 4.78 is 17.0. The zero-order valence-corrected chi connectivity index (χ0v) is 9.66. The predicted octanol–water partition coefficient (Wildman–Crippen LogP) is 3.11. The van der Waals surface area contributed by atoms with Crippen LogP contribution < -0.4 is 0 Å². The smallest absolute Gasteiger partial charge is 0.203 e. The normalized spacial score (nSPS) is 16.3. The van der Waals surface area contributed by atoms with E-state index in [1.54, 1.807) is 0 Å². The van der Waals surface area contributed by atoms with Gasteiger partial charge in [0.05, 0.1) is 6.61 Å². The van der Waals surface area contributed by atoms with Crippen LogP contribution in [0.5, 0.6) is 0 Å². The first-order chi connectivity index (χ1) is 5.18. The fourth-order valence-corrected chi connectivity index (χ4v) is 3.72. The van der Waals surface area contributed by atoms with Gasteiger partial charge < -0.3 is 4.52 Å². The molecule has 0 aromatic carbocycles. The van der Waals surface area contributed by atoms with Crippen molar-refractivity contribution in [2.24, 2.45) is 0 Å². The molecule has 0 radical (unpaired) electrons. The second-order valence-corrected chi connectivity index (χ2v) is 6.14. The fourth-order valence-electron chi connectivity index (χ4n) is 0.700. The highest BCUT2D eigenvalue weighted by molar-refractivity contribution is 9.09. The molecule has 0 bridgehead atoms. The van der Waals surface area contributed by atoms with Crippen LogP contribution in [0.25, 0.3) is 0 Å². The maximum absolute atomic E-state index is 11.7. The Bertz CT molecular complexity index is 138. The van der Waals surface area contributed by atoms with Crippen LogP contribution in [0.3, 0.4) is 0 Å².